The van der Waals surface area contributed by atoms with Gasteiger partial charge in [-0.2, -0.15) is 0 Å². The van der Waals surface area contributed by atoms with Crippen LogP contribution in [0.2, 0.25) is 0 Å². The van der Waals surface area contributed by atoms with Gasteiger partial charge in [-0.15, -0.1) is 0 Å². The molecule has 0 aliphatic heterocycles. The quantitative estimate of drug-likeness (QED) is 0.651. The van der Waals surface area contributed by atoms with Crippen LogP contribution in [0, 0.1) is 5.92 Å². The van der Waals surface area contributed by atoms with Gasteiger partial charge in [0, 0.05) is 19.2 Å². The molecular formula is C11H23NO3. The number of methoxy groups -OCH3 is 2. The summed E-state index contributed by atoms with van der Waals surface area (Å²) in [6.07, 6.45) is 0.392. The Morgan fingerprint density at radius 3 is 2.27 bits per heavy atom. The monoisotopic (exact) mass is 217 g/mol. The summed E-state index contributed by atoms with van der Waals surface area (Å²) >= 11 is 0. The van der Waals surface area contributed by atoms with Crippen LogP contribution in [0.3, 0.4) is 0 Å². The van der Waals surface area contributed by atoms with Crippen LogP contribution in [-0.2, 0) is 14.3 Å². The van der Waals surface area contributed by atoms with Crippen LogP contribution in [-0.4, -0.2) is 38.9 Å². The maximum atomic E-state index is 11.0. The average molecular weight is 217 g/mol. The number of ether oxygens (including phenoxy) is 2. The zero-order chi connectivity index (χ0) is 11.8. The van der Waals surface area contributed by atoms with E-state index in [1.54, 1.807) is 7.11 Å². The fourth-order valence-electron chi connectivity index (χ4n) is 1.37. The third kappa shape index (κ3) is 6.47. The van der Waals surface area contributed by atoms with Gasteiger partial charge in [0.25, 0.3) is 0 Å². The number of hydrogen-bond donors (Lipinski definition) is 1. The van der Waals surface area contributed by atoms with Gasteiger partial charge >= 0.3 is 5.97 Å². The van der Waals surface area contributed by atoms with Crippen molar-refractivity contribution in [2.45, 2.75) is 39.3 Å². The van der Waals surface area contributed by atoms with Gasteiger partial charge < -0.3 is 14.8 Å². The highest BCUT2D eigenvalue weighted by atomic mass is 16.5. The van der Waals surface area contributed by atoms with Gasteiger partial charge in [0.05, 0.1) is 20.1 Å². The summed E-state index contributed by atoms with van der Waals surface area (Å²) in [5, 5.41) is 3.36. The molecule has 0 saturated heterocycles. The molecule has 0 heterocycles. The molecule has 0 saturated carbocycles. The van der Waals surface area contributed by atoms with Crippen LogP contribution >= 0.6 is 0 Å². The lowest BCUT2D eigenvalue weighted by Gasteiger charge is -2.25. The summed E-state index contributed by atoms with van der Waals surface area (Å²) in [6, 6.07) is 0.384. The number of hydrogen-bond acceptors (Lipinski definition) is 4. The van der Waals surface area contributed by atoms with Crippen molar-refractivity contribution in [3.05, 3.63) is 0 Å². The molecule has 15 heavy (non-hydrogen) atoms. The van der Waals surface area contributed by atoms with Gasteiger partial charge in [0.1, 0.15) is 0 Å². The normalized spacial score (nSPS) is 15.1. The fourth-order valence-corrected chi connectivity index (χ4v) is 1.37. The molecule has 0 aromatic rings. The first-order chi connectivity index (χ1) is 7.01. The average Bonchev–Trinajstić information content (AvgIpc) is 2.16. The van der Waals surface area contributed by atoms with Crippen molar-refractivity contribution in [3.8, 4) is 0 Å². The smallest absolute Gasteiger partial charge is 0.307 e. The lowest BCUT2D eigenvalue weighted by atomic mass is 10.0. The van der Waals surface area contributed by atoms with Crippen LogP contribution in [0.1, 0.15) is 27.2 Å². The van der Waals surface area contributed by atoms with Gasteiger partial charge in [-0.3, -0.25) is 4.79 Å². The maximum absolute atomic E-state index is 11.0. The number of carbonyl (C=O) groups excluding carboxylic acids is 1. The zero-order valence-electron chi connectivity index (χ0n) is 10.4. The molecule has 90 valence electrons. The summed E-state index contributed by atoms with van der Waals surface area (Å²) in [5.74, 6) is 0.292. The number of nitrogens with one attached hydrogen (secondary N) is 1. The van der Waals surface area contributed by atoms with E-state index in [1.165, 1.54) is 7.11 Å². The number of rotatable bonds is 7. The summed E-state index contributed by atoms with van der Waals surface area (Å²) in [5.41, 5.74) is 0. The molecule has 0 rings (SSSR count). The molecular weight excluding hydrogens is 194 g/mol. The van der Waals surface area contributed by atoms with Crippen molar-refractivity contribution >= 4 is 5.97 Å². The third-order valence-electron chi connectivity index (χ3n) is 2.35. The summed E-state index contributed by atoms with van der Waals surface area (Å²) in [7, 11) is 3.09. The number of carbonyl (C=O) groups is 1. The summed E-state index contributed by atoms with van der Waals surface area (Å²) in [6.45, 7) is 6.88. The van der Waals surface area contributed by atoms with Crippen molar-refractivity contribution in [2.24, 2.45) is 5.92 Å². The lowest BCUT2D eigenvalue weighted by Crippen LogP contribution is -2.43. The van der Waals surface area contributed by atoms with E-state index in [4.69, 9.17) is 4.74 Å². The van der Waals surface area contributed by atoms with Crippen molar-refractivity contribution in [1.29, 1.82) is 0 Å². The molecule has 2 atom stereocenters. The first-order valence-corrected chi connectivity index (χ1v) is 5.33. The van der Waals surface area contributed by atoms with Crippen molar-refractivity contribution in [2.75, 3.05) is 20.8 Å². The van der Waals surface area contributed by atoms with E-state index in [9.17, 15) is 4.79 Å². The largest absolute Gasteiger partial charge is 0.469 e. The Kier molecular flexibility index (Phi) is 7.34. The van der Waals surface area contributed by atoms with Crippen LogP contribution in [0.5, 0.6) is 0 Å². The van der Waals surface area contributed by atoms with E-state index >= 15 is 0 Å². The molecule has 4 nitrogen and oxygen atoms in total. The van der Waals surface area contributed by atoms with Gasteiger partial charge in [-0.05, 0) is 12.8 Å². The Morgan fingerprint density at radius 2 is 1.87 bits per heavy atom. The molecule has 4 heteroatoms. The van der Waals surface area contributed by atoms with Crippen LogP contribution in [0.4, 0.5) is 0 Å². The SMILES string of the molecule is COCC(NC(C)CC(=O)OC)C(C)C. The first-order valence-electron chi connectivity index (χ1n) is 5.33. The minimum absolute atomic E-state index is 0.111. The molecule has 0 aromatic heterocycles. The molecule has 0 amide bonds. The second-order valence-electron chi connectivity index (χ2n) is 4.15. The van der Waals surface area contributed by atoms with Crippen LogP contribution in [0.15, 0.2) is 0 Å². The van der Waals surface area contributed by atoms with E-state index in [1.807, 2.05) is 6.92 Å². The van der Waals surface area contributed by atoms with E-state index in [0.717, 1.165) is 0 Å². The minimum atomic E-state index is -0.185. The molecule has 0 aromatic carbocycles. The highest BCUT2D eigenvalue weighted by Crippen LogP contribution is 2.05. The highest BCUT2D eigenvalue weighted by Gasteiger charge is 2.17. The highest BCUT2D eigenvalue weighted by molar-refractivity contribution is 5.69. The fraction of sp³-hybridized carbons (Fsp3) is 0.909. The number of esters is 1. The second-order valence-corrected chi connectivity index (χ2v) is 4.15. The predicted molar refractivity (Wildman–Crippen MR) is 59.7 cm³/mol. The molecule has 0 bridgehead atoms. The molecule has 0 aliphatic carbocycles. The Morgan fingerprint density at radius 1 is 1.27 bits per heavy atom. The van der Waals surface area contributed by atoms with E-state index in [2.05, 4.69) is 23.9 Å². The Hall–Kier alpha value is -0.610. The Labute approximate surface area is 92.3 Å². The topological polar surface area (TPSA) is 47.6 Å². The van der Waals surface area contributed by atoms with Crippen LogP contribution < -0.4 is 5.32 Å². The van der Waals surface area contributed by atoms with Crippen LogP contribution in [0.25, 0.3) is 0 Å². The Balaban J connectivity index is 3.98. The van der Waals surface area contributed by atoms with Gasteiger partial charge in [-0.1, -0.05) is 13.8 Å². The van der Waals surface area contributed by atoms with E-state index in [-0.39, 0.29) is 18.1 Å². The minimum Gasteiger partial charge on any atom is -0.469 e. The molecule has 0 radical (unpaired) electrons. The summed E-state index contributed by atoms with van der Waals surface area (Å²) in [4.78, 5) is 11.0. The molecule has 0 fully saturated rings. The van der Waals surface area contributed by atoms with E-state index < -0.39 is 0 Å². The molecule has 0 spiro atoms. The van der Waals surface area contributed by atoms with Gasteiger partial charge in [0.2, 0.25) is 0 Å². The van der Waals surface area contributed by atoms with Crippen molar-refractivity contribution < 1.29 is 14.3 Å². The predicted octanol–water partition coefficient (Wildman–Crippen LogP) is 1.20. The van der Waals surface area contributed by atoms with E-state index in [0.29, 0.717) is 18.9 Å². The lowest BCUT2D eigenvalue weighted by molar-refractivity contribution is -0.141. The first kappa shape index (κ1) is 14.4. The molecule has 0 aliphatic rings. The second kappa shape index (κ2) is 7.65. The Bertz CT molecular complexity index is 183. The van der Waals surface area contributed by atoms with Gasteiger partial charge in [-0.25, -0.2) is 0 Å². The molecule has 2 unspecified atom stereocenters. The molecule has 1 N–H and O–H groups in total. The summed E-state index contributed by atoms with van der Waals surface area (Å²) < 4.78 is 9.73. The van der Waals surface area contributed by atoms with Gasteiger partial charge in [0.15, 0.2) is 0 Å². The standard InChI is InChI=1S/C11H23NO3/c1-8(2)10(7-14-4)12-9(3)6-11(13)15-5/h8-10,12H,6-7H2,1-5H3. The van der Waals surface area contributed by atoms with Crippen molar-refractivity contribution in [1.82, 2.24) is 5.32 Å². The zero-order valence-corrected chi connectivity index (χ0v) is 10.4. The maximum Gasteiger partial charge on any atom is 0.307 e. The van der Waals surface area contributed by atoms with Crippen molar-refractivity contribution in [3.63, 3.8) is 0 Å². The third-order valence-corrected chi connectivity index (χ3v) is 2.35.